The maximum atomic E-state index is 5.60. The minimum Gasteiger partial charge on any atom is -0.277 e. The Hall–Kier alpha value is -0.540. The van der Waals surface area contributed by atoms with E-state index in [2.05, 4.69) is 17.1 Å². The minimum absolute atomic E-state index is 0.0718. The van der Waals surface area contributed by atoms with E-state index in [1.54, 1.807) is 0 Å². The molecule has 0 amide bonds. The molecule has 1 aliphatic heterocycles. The van der Waals surface area contributed by atoms with Gasteiger partial charge < -0.3 is 0 Å². The second-order valence-electron chi connectivity index (χ2n) is 3.14. The SMILES string of the molecule is NSC1=CCCC[C@]12C=CC=N2. The number of rotatable bonds is 1. The van der Waals surface area contributed by atoms with Crippen molar-refractivity contribution >= 4 is 18.2 Å². The van der Waals surface area contributed by atoms with E-state index in [1.807, 2.05) is 12.3 Å². The van der Waals surface area contributed by atoms with E-state index in [4.69, 9.17) is 5.14 Å². The largest absolute Gasteiger partial charge is 0.277 e. The highest BCUT2D eigenvalue weighted by molar-refractivity contribution is 8.01. The van der Waals surface area contributed by atoms with Crippen LogP contribution in [0.2, 0.25) is 0 Å². The van der Waals surface area contributed by atoms with E-state index in [9.17, 15) is 0 Å². The van der Waals surface area contributed by atoms with Gasteiger partial charge in [0.2, 0.25) is 0 Å². The van der Waals surface area contributed by atoms with Crippen LogP contribution in [0.25, 0.3) is 0 Å². The molecule has 64 valence electrons. The van der Waals surface area contributed by atoms with Crippen LogP contribution >= 0.6 is 11.9 Å². The lowest BCUT2D eigenvalue weighted by molar-refractivity contribution is 0.543. The van der Waals surface area contributed by atoms with E-state index < -0.39 is 0 Å². The Morgan fingerprint density at radius 3 is 3.17 bits per heavy atom. The summed E-state index contributed by atoms with van der Waals surface area (Å²) in [5.74, 6) is 0. The molecule has 0 aromatic rings. The van der Waals surface area contributed by atoms with Crippen molar-refractivity contribution in [1.82, 2.24) is 0 Å². The van der Waals surface area contributed by atoms with Gasteiger partial charge in [-0.25, -0.2) is 0 Å². The molecule has 0 radical (unpaired) electrons. The molecule has 1 atom stereocenters. The molecule has 2 N–H and O–H groups in total. The summed E-state index contributed by atoms with van der Waals surface area (Å²) in [7, 11) is 0. The van der Waals surface area contributed by atoms with Crippen molar-refractivity contribution in [2.24, 2.45) is 10.1 Å². The molecule has 0 fully saturated rings. The van der Waals surface area contributed by atoms with Crippen LogP contribution < -0.4 is 5.14 Å². The Morgan fingerprint density at radius 2 is 2.50 bits per heavy atom. The number of aliphatic imine (C=N–C) groups is 1. The van der Waals surface area contributed by atoms with Gasteiger partial charge in [-0.15, -0.1) is 0 Å². The summed E-state index contributed by atoms with van der Waals surface area (Å²) in [6, 6.07) is 0. The van der Waals surface area contributed by atoms with Crippen molar-refractivity contribution in [2.75, 3.05) is 0 Å². The quantitative estimate of drug-likeness (QED) is 0.627. The van der Waals surface area contributed by atoms with E-state index in [-0.39, 0.29) is 5.54 Å². The second-order valence-corrected chi connectivity index (χ2v) is 3.82. The minimum atomic E-state index is -0.0718. The summed E-state index contributed by atoms with van der Waals surface area (Å²) < 4.78 is 0. The van der Waals surface area contributed by atoms with Gasteiger partial charge in [-0.2, -0.15) is 0 Å². The Labute approximate surface area is 76.8 Å². The number of allylic oxidation sites excluding steroid dienone is 2. The molecule has 3 heteroatoms. The van der Waals surface area contributed by atoms with E-state index in [1.165, 1.54) is 23.3 Å². The standard InChI is InChI=1S/C9H12N2S/c10-12-8-4-1-2-5-9(8)6-3-7-11-9/h3-4,6-7H,1-2,5,10H2/t9-/m0/s1. The fourth-order valence-electron chi connectivity index (χ4n) is 1.77. The van der Waals surface area contributed by atoms with Crippen molar-refractivity contribution in [3.05, 3.63) is 23.1 Å². The van der Waals surface area contributed by atoms with Gasteiger partial charge in [0.05, 0.1) is 0 Å². The summed E-state index contributed by atoms with van der Waals surface area (Å²) >= 11 is 1.34. The van der Waals surface area contributed by atoms with E-state index >= 15 is 0 Å². The van der Waals surface area contributed by atoms with E-state index in [0.717, 1.165) is 12.8 Å². The average molecular weight is 180 g/mol. The summed E-state index contributed by atoms with van der Waals surface area (Å²) in [6.07, 6.45) is 11.7. The van der Waals surface area contributed by atoms with E-state index in [0.29, 0.717) is 0 Å². The van der Waals surface area contributed by atoms with Gasteiger partial charge in [-0.05, 0) is 25.3 Å². The summed E-state index contributed by atoms with van der Waals surface area (Å²) in [5.41, 5.74) is -0.0718. The number of hydrogen-bond donors (Lipinski definition) is 1. The van der Waals surface area contributed by atoms with Crippen LogP contribution in [-0.4, -0.2) is 11.8 Å². The van der Waals surface area contributed by atoms with Crippen molar-refractivity contribution in [3.63, 3.8) is 0 Å². The molecular formula is C9H12N2S. The molecule has 1 aliphatic carbocycles. The Bertz CT molecular complexity index is 254. The van der Waals surface area contributed by atoms with Gasteiger partial charge >= 0.3 is 0 Å². The molecule has 0 aromatic heterocycles. The zero-order valence-corrected chi connectivity index (χ0v) is 7.68. The van der Waals surface area contributed by atoms with Gasteiger partial charge in [-0.1, -0.05) is 24.1 Å². The molecule has 2 rings (SSSR count). The first kappa shape index (κ1) is 8.08. The molecular weight excluding hydrogens is 168 g/mol. The fraction of sp³-hybridized carbons (Fsp3) is 0.444. The topological polar surface area (TPSA) is 38.4 Å². The highest BCUT2D eigenvalue weighted by atomic mass is 32.2. The first-order chi connectivity index (χ1) is 5.87. The highest BCUT2D eigenvalue weighted by Gasteiger charge is 2.33. The van der Waals surface area contributed by atoms with Gasteiger partial charge in [-0.3, -0.25) is 10.1 Å². The van der Waals surface area contributed by atoms with Crippen LogP contribution in [0, 0.1) is 0 Å². The Morgan fingerprint density at radius 1 is 1.58 bits per heavy atom. The molecule has 0 saturated heterocycles. The molecule has 0 bridgehead atoms. The lowest BCUT2D eigenvalue weighted by Crippen LogP contribution is -2.26. The molecule has 2 aliphatic rings. The van der Waals surface area contributed by atoms with Gasteiger partial charge in [0, 0.05) is 11.1 Å². The smallest absolute Gasteiger partial charge is 0.111 e. The van der Waals surface area contributed by atoms with Crippen LogP contribution in [-0.2, 0) is 0 Å². The summed E-state index contributed by atoms with van der Waals surface area (Å²) in [4.78, 5) is 5.68. The fourth-order valence-corrected chi connectivity index (χ4v) is 2.41. The first-order valence-corrected chi connectivity index (χ1v) is 5.06. The lowest BCUT2D eigenvalue weighted by Gasteiger charge is -2.29. The van der Waals surface area contributed by atoms with Gasteiger partial charge in [0.25, 0.3) is 0 Å². The maximum absolute atomic E-state index is 5.60. The molecule has 0 saturated carbocycles. The highest BCUT2D eigenvalue weighted by Crippen LogP contribution is 2.39. The first-order valence-electron chi connectivity index (χ1n) is 4.18. The average Bonchev–Trinajstić information content (AvgIpc) is 2.55. The monoisotopic (exact) mass is 180 g/mol. The molecule has 1 spiro atoms. The number of nitrogens with two attached hydrogens (primary N) is 1. The zero-order chi connectivity index (χ0) is 8.44. The normalized spacial score (nSPS) is 32.9. The summed E-state index contributed by atoms with van der Waals surface area (Å²) in [6.45, 7) is 0. The van der Waals surface area contributed by atoms with Crippen molar-refractivity contribution < 1.29 is 0 Å². The van der Waals surface area contributed by atoms with Crippen LogP contribution in [0.15, 0.2) is 28.1 Å². The van der Waals surface area contributed by atoms with Crippen LogP contribution in [0.4, 0.5) is 0 Å². The van der Waals surface area contributed by atoms with Gasteiger partial charge in [0.15, 0.2) is 0 Å². The van der Waals surface area contributed by atoms with Crippen LogP contribution in [0.3, 0.4) is 0 Å². The number of nitrogens with zero attached hydrogens (tertiary/aromatic N) is 1. The molecule has 12 heavy (non-hydrogen) atoms. The second kappa shape index (κ2) is 3.07. The third-order valence-corrected chi connectivity index (χ3v) is 3.18. The molecule has 0 unspecified atom stereocenters. The van der Waals surface area contributed by atoms with Crippen LogP contribution in [0.5, 0.6) is 0 Å². The van der Waals surface area contributed by atoms with Crippen molar-refractivity contribution in [3.8, 4) is 0 Å². The zero-order valence-electron chi connectivity index (χ0n) is 6.86. The predicted molar refractivity (Wildman–Crippen MR) is 54.1 cm³/mol. The predicted octanol–water partition coefficient (Wildman–Crippen LogP) is 2.04. The third kappa shape index (κ3) is 1.13. The van der Waals surface area contributed by atoms with Crippen molar-refractivity contribution in [1.29, 1.82) is 0 Å². The lowest BCUT2D eigenvalue weighted by atomic mass is 9.88. The molecule has 2 nitrogen and oxygen atoms in total. The Balaban J connectivity index is 2.34. The van der Waals surface area contributed by atoms with Gasteiger partial charge in [0.1, 0.15) is 5.54 Å². The summed E-state index contributed by atoms with van der Waals surface area (Å²) in [5, 5.41) is 5.60. The molecule has 0 aromatic carbocycles. The third-order valence-electron chi connectivity index (χ3n) is 2.41. The maximum Gasteiger partial charge on any atom is 0.111 e. The number of hydrogen-bond acceptors (Lipinski definition) is 3. The van der Waals surface area contributed by atoms with Crippen molar-refractivity contribution in [2.45, 2.75) is 24.8 Å². The Kier molecular flexibility index (Phi) is 2.07. The van der Waals surface area contributed by atoms with Crippen LogP contribution in [0.1, 0.15) is 19.3 Å². The molecule has 1 heterocycles.